The summed E-state index contributed by atoms with van der Waals surface area (Å²) >= 11 is 0. The average Bonchev–Trinajstić information content (AvgIpc) is 2.36. The molecular weight excluding hydrogens is 204 g/mol. The quantitative estimate of drug-likeness (QED) is 0.827. The first kappa shape index (κ1) is 10.9. The predicted octanol–water partition coefficient (Wildman–Crippen LogP) is 2.18. The molecule has 0 aromatic heterocycles. The zero-order valence-electron chi connectivity index (χ0n) is 9.41. The van der Waals surface area contributed by atoms with Gasteiger partial charge in [-0.3, -0.25) is 9.59 Å². The molecule has 0 atom stereocenters. The summed E-state index contributed by atoms with van der Waals surface area (Å²) in [6, 6.07) is 5.34. The molecule has 1 N–H and O–H groups in total. The van der Waals surface area contributed by atoms with E-state index in [1.54, 1.807) is 12.1 Å². The molecule has 0 saturated heterocycles. The first-order valence-electron chi connectivity index (χ1n) is 5.28. The fourth-order valence-electron chi connectivity index (χ4n) is 2.27. The SMILES string of the molecule is CC1(C)CC(=O)c2ccc(CC(=O)O)cc21. The molecule has 0 fully saturated rings. The lowest BCUT2D eigenvalue weighted by molar-refractivity contribution is -0.136. The third-order valence-electron chi connectivity index (χ3n) is 3.07. The van der Waals surface area contributed by atoms with E-state index >= 15 is 0 Å². The number of fused-ring (bicyclic) bond motifs is 1. The molecule has 1 aromatic rings. The number of aliphatic carboxylic acids is 1. The van der Waals surface area contributed by atoms with Crippen molar-refractivity contribution in [3.05, 3.63) is 34.9 Å². The largest absolute Gasteiger partial charge is 0.481 e. The maximum absolute atomic E-state index is 11.7. The standard InChI is InChI=1S/C13H14O3/c1-13(2)7-11(14)9-4-3-8(5-10(9)13)6-12(15)16/h3-5H,6-7H2,1-2H3,(H,15,16). The molecule has 1 aromatic carbocycles. The van der Waals surface area contributed by atoms with E-state index < -0.39 is 5.97 Å². The van der Waals surface area contributed by atoms with Gasteiger partial charge in [0.15, 0.2) is 5.78 Å². The fraction of sp³-hybridized carbons (Fsp3) is 0.385. The van der Waals surface area contributed by atoms with Gasteiger partial charge in [-0.15, -0.1) is 0 Å². The van der Waals surface area contributed by atoms with Crippen LogP contribution in [0.15, 0.2) is 18.2 Å². The van der Waals surface area contributed by atoms with E-state index in [1.165, 1.54) is 0 Å². The van der Waals surface area contributed by atoms with Crippen molar-refractivity contribution in [2.24, 2.45) is 0 Å². The molecule has 84 valence electrons. The lowest BCUT2D eigenvalue weighted by atomic mass is 9.85. The molecule has 0 aliphatic heterocycles. The normalized spacial score (nSPS) is 17.2. The molecule has 3 nitrogen and oxygen atoms in total. The average molecular weight is 218 g/mol. The van der Waals surface area contributed by atoms with Gasteiger partial charge in [-0.05, 0) is 16.5 Å². The van der Waals surface area contributed by atoms with E-state index in [9.17, 15) is 9.59 Å². The van der Waals surface area contributed by atoms with Gasteiger partial charge in [0.05, 0.1) is 6.42 Å². The lowest BCUT2D eigenvalue weighted by Crippen LogP contribution is -2.13. The summed E-state index contributed by atoms with van der Waals surface area (Å²) in [7, 11) is 0. The molecule has 0 unspecified atom stereocenters. The molecule has 0 radical (unpaired) electrons. The maximum atomic E-state index is 11.7. The van der Waals surface area contributed by atoms with Crippen LogP contribution in [0.1, 0.15) is 41.8 Å². The number of rotatable bonds is 2. The molecule has 16 heavy (non-hydrogen) atoms. The molecule has 0 spiro atoms. The summed E-state index contributed by atoms with van der Waals surface area (Å²) in [6.07, 6.45) is 0.524. The van der Waals surface area contributed by atoms with E-state index in [2.05, 4.69) is 0 Å². The van der Waals surface area contributed by atoms with E-state index in [4.69, 9.17) is 5.11 Å². The highest BCUT2D eigenvalue weighted by atomic mass is 16.4. The van der Waals surface area contributed by atoms with Gasteiger partial charge in [-0.1, -0.05) is 32.0 Å². The Balaban J connectivity index is 2.46. The summed E-state index contributed by atoms with van der Waals surface area (Å²) in [6.45, 7) is 4.03. The Labute approximate surface area is 94.1 Å². The molecule has 0 saturated carbocycles. The predicted molar refractivity (Wildman–Crippen MR) is 59.8 cm³/mol. The number of carbonyl (C=O) groups excluding carboxylic acids is 1. The topological polar surface area (TPSA) is 54.4 Å². The van der Waals surface area contributed by atoms with E-state index in [-0.39, 0.29) is 17.6 Å². The van der Waals surface area contributed by atoms with Gasteiger partial charge in [0, 0.05) is 12.0 Å². The van der Waals surface area contributed by atoms with Crippen molar-refractivity contribution in [2.75, 3.05) is 0 Å². The van der Waals surface area contributed by atoms with Crippen LogP contribution in [0.4, 0.5) is 0 Å². The summed E-state index contributed by atoms with van der Waals surface area (Å²) in [5.74, 6) is -0.691. The Bertz CT molecular complexity index is 472. The molecular formula is C13H14O3. The molecule has 0 bridgehead atoms. The van der Waals surface area contributed by atoms with Crippen LogP contribution in [0.5, 0.6) is 0 Å². The number of ketones is 1. The number of benzene rings is 1. The van der Waals surface area contributed by atoms with Crippen molar-refractivity contribution in [3.63, 3.8) is 0 Å². The minimum Gasteiger partial charge on any atom is -0.481 e. The Kier molecular flexibility index (Phi) is 2.34. The van der Waals surface area contributed by atoms with Crippen molar-refractivity contribution >= 4 is 11.8 Å². The van der Waals surface area contributed by atoms with Gasteiger partial charge >= 0.3 is 5.97 Å². The minimum atomic E-state index is -0.845. The van der Waals surface area contributed by atoms with Gasteiger partial charge in [-0.2, -0.15) is 0 Å². The second-order valence-electron chi connectivity index (χ2n) is 4.93. The van der Waals surface area contributed by atoms with Crippen molar-refractivity contribution in [3.8, 4) is 0 Å². The van der Waals surface area contributed by atoms with Crippen LogP contribution in [0, 0.1) is 0 Å². The van der Waals surface area contributed by atoms with Crippen molar-refractivity contribution in [1.82, 2.24) is 0 Å². The zero-order valence-corrected chi connectivity index (χ0v) is 9.41. The Morgan fingerprint density at radius 3 is 2.75 bits per heavy atom. The molecule has 0 heterocycles. The number of Topliss-reactive ketones (excluding diaryl/α,β-unsaturated/α-hetero) is 1. The van der Waals surface area contributed by atoms with E-state index in [1.807, 2.05) is 19.9 Å². The second-order valence-corrected chi connectivity index (χ2v) is 4.93. The van der Waals surface area contributed by atoms with Crippen LogP contribution in [-0.2, 0) is 16.6 Å². The smallest absolute Gasteiger partial charge is 0.307 e. The van der Waals surface area contributed by atoms with Crippen molar-refractivity contribution in [1.29, 1.82) is 0 Å². The van der Waals surface area contributed by atoms with Gasteiger partial charge in [0.2, 0.25) is 0 Å². The Morgan fingerprint density at radius 1 is 1.44 bits per heavy atom. The fourth-order valence-corrected chi connectivity index (χ4v) is 2.27. The zero-order chi connectivity index (χ0) is 11.9. The lowest BCUT2D eigenvalue weighted by Gasteiger charge is -2.18. The first-order chi connectivity index (χ1) is 7.40. The van der Waals surface area contributed by atoms with Gasteiger partial charge in [0.1, 0.15) is 0 Å². The van der Waals surface area contributed by atoms with E-state index in [0.29, 0.717) is 6.42 Å². The highest BCUT2D eigenvalue weighted by molar-refractivity contribution is 6.02. The minimum absolute atomic E-state index is 0.0115. The van der Waals surface area contributed by atoms with E-state index in [0.717, 1.165) is 16.7 Å². The molecule has 3 heteroatoms. The van der Waals surface area contributed by atoms with Crippen LogP contribution in [0.25, 0.3) is 0 Å². The number of hydrogen-bond donors (Lipinski definition) is 1. The maximum Gasteiger partial charge on any atom is 0.307 e. The third kappa shape index (κ3) is 1.73. The Hall–Kier alpha value is -1.64. The molecule has 0 amide bonds. The summed E-state index contributed by atoms with van der Waals surface area (Å²) in [5.41, 5.74) is 2.32. The summed E-state index contributed by atoms with van der Waals surface area (Å²) < 4.78 is 0. The number of carbonyl (C=O) groups is 2. The molecule has 2 rings (SSSR count). The monoisotopic (exact) mass is 218 g/mol. The Morgan fingerprint density at radius 2 is 2.12 bits per heavy atom. The van der Waals surface area contributed by atoms with Gasteiger partial charge < -0.3 is 5.11 Å². The van der Waals surface area contributed by atoms with Gasteiger partial charge in [-0.25, -0.2) is 0 Å². The van der Waals surface area contributed by atoms with Crippen LogP contribution in [0.2, 0.25) is 0 Å². The van der Waals surface area contributed by atoms with Crippen molar-refractivity contribution < 1.29 is 14.7 Å². The number of hydrogen-bond acceptors (Lipinski definition) is 2. The van der Waals surface area contributed by atoms with Gasteiger partial charge in [0.25, 0.3) is 0 Å². The molecule has 1 aliphatic carbocycles. The highest BCUT2D eigenvalue weighted by Gasteiger charge is 2.35. The number of carboxylic acid groups (broad SMARTS) is 1. The van der Waals surface area contributed by atoms with Crippen molar-refractivity contribution in [2.45, 2.75) is 32.1 Å². The molecule has 1 aliphatic rings. The van der Waals surface area contributed by atoms with Crippen LogP contribution >= 0.6 is 0 Å². The number of carboxylic acids is 1. The highest BCUT2D eigenvalue weighted by Crippen LogP contribution is 2.38. The van der Waals surface area contributed by atoms with Crippen LogP contribution in [-0.4, -0.2) is 16.9 Å². The first-order valence-corrected chi connectivity index (χ1v) is 5.28. The summed E-state index contributed by atoms with van der Waals surface area (Å²) in [4.78, 5) is 22.3. The third-order valence-corrected chi connectivity index (χ3v) is 3.07. The van der Waals surface area contributed by atoms with Crippen LogP contribution < -0.4 is 0 Å². The second kappa shape index (κ2) is 3.44. The van der Waals surface area contributed by atoms with Crippen LogP contribution in [0.3, 0.4) is 0 Å². The summed E-state index contributed by atoms with van der Waals surface area (Å²) in [5, 5.41) is 8.73.